The molecule has 6 amide bonds. The van der Waals surface area contributed by atoms with E-state index in [1.54, 1.807) is 43.0 Å². The third-order valence-electron chi connectivity index (χ3n) is 16.2. The van der Waals surface area contributed by atoms with Crippen LogP contribution in [0.25, 0.3) is 17.3 Å². The zero-order valence-electron chi connectivity index (χ0n) is 51.4. The summed E-state index contributed by atoms with van der Waals surface area (Å²) in [6.45, 7) is 5.17. The van der Waals surface area contributed by atoms with Gasteiger partial charge in [0.05, 0.1) is 91.1 Å². The standard InChI is InChI=1S/C64H86F3N9O12S/c1-43(68-2)58(79)72-57(48-17-9-6-10-18-48)62(82)76-26-12-19-52(76)60(81)74-61-56(47-15-7-5-8-16-47)73-63(89-61)71-54(77)42-88-36-35-87-34-33-86-32-31-85-30-29-84-28-27-75(3)55(78)38-45-13-11-14-46(37-45)40-70-59(80)51-39-49(53(83-4)41-69-51)23-20-44-21-24-50(25-22-44)64(65,66)67/h5,7-8,11,13-16,20,23,37,39,41,43-44,48,50,52,57,68H,6,9-10,12,17-19,21-22,24-36,38,40,42H2,1-4H3,(H,70,80)(H,72,79)(H,74,81)(H,71,73,77)/b23-20+/t43?,44?,50?,52-,57?/m0/s1. The second-order valence-corrected chi connectivity index (χ2v) is 23.5. The number of carbonyl (C=O) groups is 6. The lowest BCUT2D eigenvalue weighted by atomic mass is 9.81. The molecule has 3 aliphatic rings. The zero-order valence-corrected chi connectivity index (χ0v) is 52.2. The molecule has 0 spiro atoms. The SMILES string of the molecule is CNC(C)C(=O)NC(C(=O)N1CCC[C@H]1C(=O)Nc1sc(NC(=O)COCCOCCOCCOCCOCCN(C)C(=O)Cc2cccc(CNC(=O)c3cc(/C=C/C4CCC(C(F)(F)F)CC4)c(OC)cn3)c2)nc1-c1ccccc1)C1CCCCC1. The van der Waals surface area contributed by atoms with Gasteiger partial charge in [-0.1, -0.05) is 97.3 Å². The number of carbonyl (C=O) groups excluding carboxylic acids is 6. The number of aromatic nitrogens is 2. The minimum atomic E-state index is -4.17. The predicted octanol–water partition coefficient (Wildman–Crippen LogP) is 7.85. The van der Waals surface area contributed by atoms with Crippen molar-refractivity contribution >= 4 is 63.0 Å². The summed E-state index contributed by atoms with van der Waals surface area (Å²) in [6.07, 6.45) is 7.98. The fraction of sp³-hybridized carbons (Fsp3) is 0.562. The molecule has 89 heavy (non-hydrogen) atoms. The monoisotopic (exact) mass is 1260 g/mol. The van der Waals surface area contributed by atoms with Gasteiger partial charge in [-0.05, 0) is 94.4 Å². The van der Waals surface area contributed by atoms with Crippen LogP contribution in [0.3, 0.4) is 0 Å². The molecule has 7 rings (SSSR count). The largest absolute Gasteiger partial charge is 0.495 e. The van der Waals surface area contributed by atoms with Crippen LogP contribution in [-0.4, -0.2) is 180 Å². The number of nitrogens with zero attached hydrogens (tertiary/aromatic N) is 4. The molecule has 3 atom stereocenters. The maximum Gasteiger partial charge on any atom is 0.391 e. The molecular formula is C64H86F3N9O12S. The van der Waals surface area contributed by atoms with Gasteiger partial charge in [-0.2, -0.15) is 13.2 Å². The predicted molar refractivity (Wildman–Crippen MR) is 331 cm³/mol. The molecule has 486 valence electrons. The van der Waals surface area contributed by atoms with Crippen molar-refractivity contribution in [2.75, 3.05) is 111 Å². The summed E-state index contributed by atoms with van der Waals surface area (Å²) < 4.78 is 72.8. The van der Waals surface area contributed by atoms with Gasteiger partial charge in [0.15, 0.2) is 5.13 Å². The quantitative estimate of drug-likeness (QED) is 0.0279. The molecule has 2 aromatic carbocycles. The first-order valence-corrected chi connectivity index (χ1v) is 31.6. The lowest BCUT2D eigenvalue weighted by Gasteiger charge is -2.35. The van der Waals surface area contributed by atoms with Crippen molar-refractivity contribution in [1.29, 1.82) is 0 Å². The molecule has 2 saturated carbocycles. The number of thiazole rings is 1. The van der Waals surface area contributed by atoms with E-state index < -0.39 is 42.0 Å². The first-order valence-electron chi connectivity index (χ1n) is 30.7. The van der Waals surface area contributed by atoms with E-state index in [1.807, 2.05) is 60.7 Å². The first kappa shape index (κ1) is 69.6. The van der Waals surface area contributed by atoms with Gasteiger partial charge in [-0.25, -0.2) is 9.97 Å². The summed E-state index contributed by atoms with van der Waals surface area (Å²) in [5.41, 5.74) is 3.54. The molecule has 0 radical (unpaired) electrons. The van der Waals surface area contributed by atoms with Crippen LogP contribution in [-0.2, 0) is 60.6 Å². The Kier molecular flexibility index (Phi) is 28.2. The molecule has 2 aliphatic carbocycles. The molecule has 1 aliphatic heterocycles. The van der Waals surface area contributed by atoms with Crippen molar-refractivity contribution < 1.29 is 70.4 Å². The summed E-state index contributed by atoms with van der Waals surface area (Å²) in [5, 5.41) is 15.3. The van der Waals surface area contributed by atoms with Crippen LogP contribution in [0, 0.1) is 17.8 Å². The van der Waals surface area contributed by atoms with E-state index >= 15 is 0 Å². The number of anilines is 2. The van der Waals surface area contributed by atoms with Crippen LogP contribution in [0.1, 0.15) is 105 Å². The van der Waals surface area contributed by atoms with Crippen LogP contribution in [0.4, 0.5) is 23.3 Å². The number of allylic oxidation sites excluding steroid dienone is 1. The Bertz CT molecular complexity index is 2940. The van der Waals surface area contributed by atoms with Crippen LogP contribution in [0.15, 0.2) is 72.9 Å². The molecule has 2 unspecified atom stereocenters. The average Bonchev–Trinajstić information content (AvgIpc) is 2.83. The molecule has 4 aromatic rings. The zero-order chi connectivity index (χ0) is 63.5. The highest BCUT2D eigenvalue weighted by atomic mass is 32.1. The highest BCUT2D eigenvalue weighted by Gasteiger charge is 2.42. The van der Waals surface area contributed by atoms with Crippen LogP contribution in [0.5, 0.6) is 5.75 Å². The minimum Gasteiger partial charge on any atom is -0.495 e. The van der Waals surface area contributed by atoms with Crippen molar-refractivity contribution in [3.8, 4) is 17.0 Å². The Morgan fingerprint density at radius 1 is 0.787 bits per heavy atom. The van der Waals surface area contributed by atoms with Crippen LogP contribution >= 0.6 is 11.3 Å². The Morgan fingerprint density at radius 3 is 2.11 bits per heavy atom. The van der Waals surface area contributed by atoms with Gasteiger partial charge in [-0.15, -0.1) is 0 Å². The average molecular weight is 1260 g/mol. The Hall–Kier alpha value is -6.87. The number of likely N-dealkylation sites (N-methyl/N-ethyl adjacent to an activating group) is 2. The number of likely N-dealkylation sites (tertiary alicyclic amines) is 1. The number of amides is 6. The Labute approximate surface area is 522 Å². The van der Waals surface area contributed by atoms with Gasteiger partial charge >= 0.3 is 6.18 Å². The molecule has 5 N–H and O–H groups in total. The number of nitrogens with one attached hydrogen (secondary N) is 5. The van der Waals surface area contributed by atoms with Gasteiger partial charge in [0, 0.05) is 37.8 Å². The van der Waals surface area contributed by atoms with Gasteiger partial charge in [-0.3, -0.25) is 34.1 Å². The molecule has 1 saturated heterocycles. The van der Waals surface area contributed by atoms with Crippen LogP contribution in [0.2, 0.25) is 0 Å². The fourth-order valence-electron chi connectivity index (χ4n) is 10.9. The van der Waals surface area contributed by atoms with E-state index in [9.17, 15) is 41.9 Å². The highest BCUT2D eigenvalue weighted by Crippen LogP contribution is 2.41. The summed E-state index contributed by atoms with van der Waals surface area (Å²) in [4.78, 5) is 92.6. The van der Waals surface area contributed by atoms with E-state index in [2.05, 4.69) is 36.6 Å². The van der Waals surface area contributed by atoms with Gasteiger partial charge < -0.3 is 59.5 Å². The second kappa shape index (κ2) is 36.1. The number of benzene rings is 2. The molecule has 21 nitrogen and oxygen atoms in total. The number of methoxy groups -OCH3 is 1. The maximum atomic E-state index is 14.3. The topological polar surface area (TPSA) is 250 Å². The molecular weight excluding hydrogens is 1180 g/mol. The number of halogens is 3. The number of alkyl halides is 3. The van der Waals surface area contributed by atoms with Gasteiger partial charge in [0.2, 0.25) is 23.6 Å². The minimum absolute atomic E-state index is 0.00109. The number of hydrogen-bond donors (Lipinski definition) is 5. The number of hydrogen-bond acceptors (Lipinski definition) is 16. The number of pyridine rings is 1. The lowest BCUT2D eigenvalue weighted by Crippen LogP contribution is -2.57. The summed E-state index contributed by atoms with van der Waals surface area (Å²) in [7, 11) is 4.89. The number of ether oxygens (including phenoxy) is 6. The van der Waals surface area contributed by atoms with Crippen molar-refractivity contribution in [2.24, 2.45) is 17.8 Å². The van der Waals surface area contributed by atoms with E-state index in [0.717, 1.165) is 60.1 Å². The molecule has 3 fully saturated rings. The molecule has 3 heterocycles. The summed E-state index contributed by atoms with van der Waals surface area (Å²) in [5.74, 6) is -2.65. The lowest BCUT2D eigenvalue weighted by molar-refractivity contribution is -0.183. The first-order chi connectivity index (χ1) is 43.0. The summed E-state index contributed by atoms with van der Waals surface area (Å²) in [6, 6.07) is 16.3. The van der Waals surface area contributed by atoms with E-state index in [0.29, 0.717) is 107 Å². The highest BCUT2D eigenvalue weighted by molar-refractivity contribution is 7.20. The van der Waals surface area contributed by atoms with Crippen LogP contribution < -0.4 is 31.3 Å². The van der Waals surface area contributed by atoms with E-state index in [4.69, 9.17) is 28.4 Å². The van der Waals surface area contributed by atoms with Gasteiger partial charge in [0.1, 0.15) is 40.8 Å². The molecule has 25 heteroatoms. The Balaban J connectivity index is 0.713. The van der Waals surface area contributed by atoms with E-state index in [-0.39, 0.29) is 91.9 Å². The molecule has 2 aromatic heterocycles. The smallest absolute Gasteiger partial charge is 0.391 e. The third kappa shape index (κ3) is 22.2. The third-order valence-corrected chi connectivity index (χ3v) is 17.0. The van der Waals surface area contributed by atoms with Gasteiger partial charge in [0.25, 0.3) is 11.8 Å². The van der Waals surface area contributed by atoms with Crippen molar-refractivity contribution in [3.05, 3.63) is 95.3 Å². The van der Waals surface area contributed by atoms with Crippen molar-refractivity contribution in [2.45, 2.75) is 115 Å². The van der Waals surface area contributed by atoms with Crippen molar-refractivity contribution in [3.63, 3.8) is 0 Å². The van der Waals surface area contributed by atoms with Crippen molar-refractivity contribution in [1.82, 2.24) is 35.7 Å². The normalized spacial score (nSPS) is 17.9. The summed E-state index contributed by atoms with van der Waals surface area (Å²) >= 11 is 1.11. The number of rotatable bonds is 34. The maximum absolute atomic E-state index is 14.3. The fourth-order valence-corrected chi connectivity index (χ4v) is 11.8. The Morgan fingerprint density at radius 2 is 1.45 bits per heavy atom. The van der Waals surface area contributed by atoms with E-state index in [1.165, 1.54) is 13.3 Å². The second-order valence-electron chi connectivity index (χ2n) is 22.5. The molecule has 0 bridgehead atoms.